The maximum atomic E-state index is 12.0. The van der Waals surface area contributed by atoms with Crippen LogP contribution in [0, 0.1) is 0 Å². The second-order valence-electron chi connectivity index (χ2n) is 6.64. The molecule has 0 bridgehead atoms. The van der Waals surface area contributed by atoms with E-state index in [2.05, 4.69) is 22.9 Å². The molecule has 0 aliphatic heterocycles. The van der Waals surface area contributed by atoms with Crippen LogP contribution < -0.4 is 16.0 Å². The predicted molar refractivity (Wildman–Crippen MR) is 113 cm³/mol. The first kappa shape index (κ1) is 21.9. The molecular weight excluding hydrogens is 370 g/mol. The number of carbonyl (C=O) groups excluding carboxylic acids is 3. The molecule has 29 heavy (non-hydrogen) atoms. The Hall–Kier alpha value is -3.35. The van der Waals surface area contributed by atoms with Gasteiger partial charge in [0.1, 0.15) is 6.04 Å². The molecule has 7 heteroatoms. The Bertz CT molecular complexity index is 807. The average Bonchev–Trinajstić information content (AvgIpc) is 2.72. The first-order chi connectivity index (χ1) is 14.0. The van der Waals surface area contributed by atoms with E-state index in [4.69, 9.17) is 4.74 Å². The van der Waals surface area contributed by atoms with Gasteiger partial charge in [0.15, 0.2) is 6.61 Å². The standard InChI is InChI=1S/C22H27N3O4/c1-3-4-8-17-11-13-19(14-12-17)24-20(26)15-29-21(27)16(2)23-22(28)25-18-9-6-5-7-10-18/h5-7,9-14,16H,3-4,8,15H2,1-2H3,(H,24,26)(H2,23,25,28)/t16-/m0/s1. The second-order valence-corrected chi connectivity index (χ2v) is 6.64. The van der Waals surface area contributed by atoms with Crippen LogP contribution in [0.5, 0.6) is 0 Å². The summed E-state index contributed by atoms with van der Waals surface area (Å²) in [4.78, 5) is 35.9. The van der Waals surface area contributed by atoms with Crippen molar-refractivity contribution < 1.29 is 19.1 Å². The maximum Gasteiger partial charge on any atom is 0.328 e. The van der Waals surface area contributed by atoms with Gasteiger partial charge in [0, 0.05) is 11.4 Å². The second kappa shape index (κ2) is 11.5. The quantitative estimate of drug-likeness (QED) is 0.562. The first-order valence-corrected chi connectivity index (χ1v) is 9.66. The minimum Gasteiger partial charge on any atom is -0.454 e. The highest BCUT2D eigenvalue weighted by molar-refractivity contribution is 5.94. The number of nitrogens with one attached hydrogen (secondary N) is 3. The summed E-state index contributed by atoms with van der Waals surface area (Å²) in [7, 11) is 0. The van der Waals surface area contributed by atoms with E-state index in [1.165, 1.54) is 12.5 Å². The molecule has 0 saturated heterocycles. The molecule has 7 nitrogen and oxygen atoms in total. The summed E-state index contributed by atoms with van der Waals surface area (Å²) in [5, 5.41) is 7.75. The van der Waals surface area contributed by atoms with Crippen molar-refractivity contribution in [1.82, 2.24) is 5.32 Å². The van der Waals surface area contributed by atoms with Crippen LogP contribution in [0.25, 0.3) is 0 Å². The fourth-order valence-electron chi connectivity index (χ4n) is 2.54. The number of unbranched alkanes of at least 4 members (excludes halogenated alkanes) is 1. The molecule has 2 aromatic rings. The van der Waals surface area contributed by atoms with E-state index in [0.29, 0.717) is 11.4 Å². The highest BCUT2D eigenvalue weighted by Gasteiger charge is 2.18. The Labute approximate surface area is 170 Å². The zero-order valence-electron chi connectivity index (χ0n) is 16.7. The molecule has 0 heterocycles. The minimum absolute atomic E-state index is 0.428. The zero-order chi connectivity index (χ0) is 21.1. The van der Waals surface area contributed by atoms with Crippen molar-refractivity contribution in [3.05, 3.63) is 60.2 Å². The molecular formula is C22H27N3O4. The van der Waals surface area contributed by atoms with Gasteiger partial charge >= 0.3 is 12.0 Å². The Kier molecular flexibility index (Phi) is 8.69. The van der Waals surface area contributed by atoms with Crippen LogP contribution in [0.15, 0.2) is 54.6 Å². The Morgan fingerprint density at radius 1 is 0.931 bits per heavy atom. The van der Waals surface area contributed by atoms with Crippen molar-refractivity contribution in [2.75, 3.05) is 17.2 Å². The lowest BCUT2D eigenvalue weighted by Crippen LogP contribution is -2.42. The van der Waals surface area contributed by atoms with Crippen molar-refractivity contribution in [2.24, 2.45) is 0 Å². The topological polar surface area (TPSA) is 96.5 Å². The van der Waals surface area contributed by atoms with Crippen molar-refractivity contribution in [1.29, 1.82) is 0 Å². The molecule has 1 atom stereocenters. The smallest absolute Gasteiger partial charge is 0.328 e. The Balaban J connectivity index is 1.71. The summed E-state index contributed by atoms with van der Waals surface area (Å²) in [5.41, 5.74) is 2.45. The van der Waals surface area contributed by atoms with Gasteiger partial charge in [0.2, 0.25) is 0 Å². The summed E-state index contributed by atoms with van der Waals surface area (Å²) in [6.07, 6.45) is 3.26. The summed E-state index contributed by atoms with van der Waals surface area (Å²) in [6, 6.07) is 15.0. The summed E-state index contributed by atoms with van der Waals surface area (Å²) in [6.45, 7) is 3.20. The van der Waals surface area contributed by atoms with Gasteiger partial charge < -0.3 is 20.7 Å². The number of ether oxygens (including phenoxy) is 1. The molecule has 3 amide bonds. The van der Waals surface area contributed by atoms with Crippen LogP contribution in [0.4, 0.5) is 16.2 Å². The van der Waals surface area contributed by atoms with Crippen molar-refractivity contribution in [2.45, 2.75) is 39.2 Å². The molecule has 0 aromatic heterocycles. The molecule has 2 rings (SSSR count). The van der Waals surface area contributed by atoms with Gasteiger partial charge in [-0.2, -0.15) is 0 Å². The molecule has 0 radical (unpaired) electrons. The van der Waals surface area contributed by atoms with Crippen molar-refractivity contribution >= 4 is 29.3 Å². The molecule has 0 spiro atoms. The van der Waals surface area contributed by atoms with Gasteiger partial charge in [-0.25, -0.2) is 9.59 Å². The van der Waals surface area contributed by atoms with Gasteiger partial charge in [-0.05, 0) is 49.6 Å². The summed E-state index contributed by atoms with van der Waals surface area (Å²) >= 11 is 0. The number of hydrogen-bond donors (Lipinski definition) is 3. The highest BCUT2D eigenvalue weighted by Crippen LogP contribution is 2.11. The fraction of sp³-hybridized carbons (Fsp3) is 0.318. The molecule has 0 fully saturated rings. The van der Waals surface area contributed by atoms with Crippen LogP contribution in [-0.2, 0) is 20.7 Å². The lowest BCUT2D eigenvalue weighted by Gasteiger charge is -2.14. The van der Waals surface area contributed by atoms with E-state index in [1.807, 2.05) is 30.3 Å². The molecule has 154 valence electrons. The average molecular weight is 397 g/mol. The number of amides is 3. The molecule has 0 saturated carbocycles. The number of aryl methyl sites for hydroxylation is 1. The Morgan fingerprint density at radius 2 is 1.59 bits per heavy atom. The van der Waals surface area contributed by atoms with Crippen LogP contribution in [-0.4, -0.2) is 30.6 Å². The SMILES string of the molecule is CCCCc1ccc(NC(=O)COC(=O)[C@H](C)NC(=O)Nc2ccccc2)cc1. The molecule has 0 unspecified atom stereocenters. The third kappa shape index (κ3) is 8.04. The highest BCUT2D eigenvalue weighted by atomic mass is 16.5. The Morgan fingerprint density at radius 3 is 2.24 bits per heavy atom. The van der Waals surface area contributed by atoms with E-state index >= 15 is 0 Å². The van der Waals surface area contributed by atoms with E-state index in [1.54, 1.807) is 24.3 Å². The van der Waals surface area contributed by atoms with Crippen LogP contribution in [0.2, 0.25) is 0 Å². The van der Waals surface area contributed by atoms with Crippen molar-refractivity contribution in [3.63, 3.8) is 0 Å². The molecule has 2 aromatic carbocycles. The predicted octanol–water partition coefficient (Wildman–Crippen LogP) is 3.72. The minimum atomic E-state index is -0.899. The number of urea groups is 1. The number of benzene rings is 2. The number of anilines is 2. The van der Waals surface area contributed by atoms with Gasteiger partial charge in [-0.1, -0.05) is 43.7 Å². The fourth-order valence-corrected chi connectivity index (χ4v) is 2.54. The largest absolute Gasteiger partial charge is 0.454 e. The summed E-state index contributed by atoms with van der Waals surface area (Å²) in [5.74, 6) is -1.14. The molecule has 0 aliphatic rings. The first-order valence-electron chi connectivity index (χ1n) is 9.66. The van der Waals surface area contributed by atoms with E-state index < -0.39 is 30.6 Å². The number of para-hydroxylation sites is 1. The van der Waals surface area contributed by atoms with Gasteiger partial charge in [0.05, 0.1) is 0 Å². The lowest BCUT2D eigenvalue weighted by molar-refractivity contribution is -0.148. The van der Waals surface area contributed by atoms with Gasteiger partial charge in [0.25, 0.3) is 5.91 Å². The molecule has 0 aliphatic carbocycles. The lowest BCUT2D eigenvalue weighted by atomic mass is 10.1. The number of rotatable bonds is 9. The van der Waals surface area contributed by atoms with Crippen LogP contribution >= 0.6 is 0 Å². The number of hydrogen-bond acceptors (Lipinski definition) is 4. The van der Waals surface area contributed by atoms with E-state index in [0.717, 1.165) is 19.3 Å². The third-order valence-corrected chi connectivity index (χ3v) is 4.14. The van der Waals surface area contributed by atoms with Gasteiger partial charge in [-0.15, -0.1) is 0 Å². The third-order valence-electron chi connectivity index (χ3n) is 4.14. The van der Waals surface area contributed by atoms with Gasteiger partial charge in [-0.3, -0.25) is 4.79 Å². The monoisotopic (exact) mass is 397 g/mol. The maximum absolute atomic E-state index is 12.0. The van der Waals surface area contributed by atoms with Crippen LogP contribution in [0.3, 0.4) is 0 Å². The van der Waals surface area contributed by atoms with Crippen molar-refractivity contribution in [3.8, 4) is 0 Å². The number of carbonyl (C=O) groups is 3. The van der Waals surface area contributed by atoms with Crippen LogP contribution in [0.1, 0.15) is 32.3 Å². The van der Waals surface area contributed by atoms with E-state index in [9.17, 15) is 14.4 Å². The normalized spacial score (nSPS) is 11.2. The van der Waals surface area contributed by atoms with E-state index in [-0.39, 0.29) is 0 Å². The molecule has 3 N–H and O–H groups in total. The zero-order valence-corrected chi connectivity index (χ0v) is 16.7. The number of esters is 1. The summed E-state index contributed by atoms with van der Waals surface area (Å²) < 4.78 is 4.97.